The minimum atomic E-state index is -0.474. The van der Waals surface area contributed by atoms with Crippen LogP contribution in [0.5, 0.6) is 0 Å². The summed E-state index contributed by atoms with van der Waals surface area (Å²) in [6.07, 6.45) is 0.397. The Labute approximate surface area is 169 Å². The van der Waals surface area contributed by atoms with E-state index in [0.29, 0.717) is 19.6 Å². The van der Waals surface area contributed by atoms with Crippen molar-refractivity contribution in [3.63, 3.8) is 0 Å². The molecule has 0 fully saturated rings. The van der Waals surface area contributed by atoms with Crippen LogP contribution in [0.25, 0.3) is 0 Å². The number of benzene rings is 1. The Hall–Kier alpha value is -2.28. The van der Waals surface area contributed by atoms with Crippen molar-refractivity contribution in [2.45, 2.75) is 52.8 Å². The Balaban J connectivity index is 2.38. The van der Waals surface area contributed by atoms with Gasteiger partial charge in [-0.3, -0.25) is 0 Å². The van der Waals surface area contributed by atoms with Crippen molar-refractivity contribution >= 4 is 12.1 Å². The normalized spacial score (nSPS) is 12.0. The van der Waals surface area contributed by atoms with Crippen LogP contribution in [0, 0.1) is 0 Å². The molecule has 158 valence electrons. The van der Waals surface area contributed by atoms with Gasteiger partial charge in [0.2, 0.25) is 0 Å². The maximum Gasteiger partial charge on any atom is 0.407 e. The number of hydrogen-bond donors (Lipinski definition) is 3. The fraction of sp³-hybridized carbons (Fsp3) is 0.619. The van der Waals surface area contributed by atoms with Gasteiger partial charge in [0.25, 0.3) is 0 Å². The van der Waals surface area contributed by atoms with E-state index in [4.69, 9.17) is 4.74 Å². The zero-order chi connectivity index (χ0) is 21.0. The second-order valence-electron chi connectivity index (χ2n) is 7.96. The molecule has 0 aromatic heterocycles. The lowest BCUT2D eigenvalue weighted by Crippen LogP contribution is -2.39. The van der Waals surface area contributed by atoms with E-state index in [9.17, 15) is 4.79 Å². The van der Waals surface area contributed by atoms with E-state index in [1.54, 1.807) is 0 Å². The van der Waals surface area contributed by atoms with Crippen molar-refractivity contribution in [2.75, 3.05) is 33.7 Å². The van der Waals surface area contributed by atoms with E-state index < -0.39 is 5.60 Å². The maximum absolute atomic E-state index is 11.6. The molecule has 1 amide bonds. The number of rotatable bonds is 9. The highest BCUT2D eigenvalue weighted by molar-refractivity contribution is 5.79. The average Bonchev–Trinajstić information content (AvgIpc) is 2.58. The van der Waals surface area contributed by atoms with Gasteiger partial charge in [0.1, 0.15) is 5.60 Å². The lowest BCUT2D eigenvalue weighted by atomic mass is 10.1. The van der Waals surface area contributed by atoms with Gasteiger partial charge in [-0.05, 0) is 59.3 Å². The minimum absolute atomic E-state index is 0.384. The molecule has 1 rings (SSSR count). The summed E-state index contributed by atoms with van der Waals surface area (Å²) in [5.41, 5.74) is 1.99. The highest BCUT2D eigenvalue weighted by Gasteiger charge is 2.15. The summed E-state index contributed by atoms with van der Waals surface area (Å²) in [5.74, 6) is 0.775. The molecular weight excluding hydrogens is 354 g/mol. The van der Waals surface area contributed by atoms with Crippen LogP contribution in [-0.2, 0) is 17.8 Å². The van der Waals surface area contributed by atoms with Crippen LogP contribution < -0.4 is 16.0 Å². The lowest BCUT2D eigenvalue weighted by molar-refractivity contribution is 0.0527. The van der Waals surface area contributed by atoms with Crippen molar-refractivity contribution in [1.29, 1.82) is 0 Å². The molecule has 1 aromatic carbocycles. The van der Waals surface area contributed by atoms with Crippen molar-refractivity contribution in [2.24, 2.45) is 4.99 Å². The van der Waals surface area contributed by atoms with Gasteiger partial charge in [0.15, 0.2) is 5.96 Å². The van der Waals surface area contributed by atoms with E-state index in [1.165, 1.54) is 11.1 Å². The largest absolute Gasteiger partial charge is 0.444 e. The molecule has 0 bridgehead atoms. The summed E-state index contributed by atoms with van der Waals surface area (Å²) in [5, 5.41) is 9.29. The Morgan fingerprint density at radius 2 is 1.64 bits per heavy atom. The topological polar surface area (TPSA) is 78.0 Å². The molecule has 0 aliphatic rings. The van der Waals surface area contributed by atoms with Gasteiger partial charge >= 0.3 is 6.09 Å². The molecule has 0 saturated heterocycles. The van der Waals surface area contributed by atoms with E-state index in [0.717, 1.165) is 25.5 Å². The molecule has 7 nitrogen and oxygen atoms in total. The van der Waals surface area contributed by atoms with Gasteiger partial charge in [0, 0.05) is 26.2 Å². The Bertz CT molecular complexity index is 606. The minimum Gasteiger partial charge on any atom is -0.444 e. The van der Waals surface area contributed by atoms with Crippen molar-refractivity contribution in [1.82, 2.24) is 20.9 Å². The average molecular weight is 392 g/mol. The first-order chi connectivity index (χ1) is 13.2. The third-order valence-corrected chi connectivity index (χ3v) is 3.60. The number of carbonyl (C=O) groups is 1. The number of carbonyl (C=O) groups excluding carboxylic acids is 1. The molecule has 0 aliphatic carbocycles. The van der Waals surface area contributed by atoms with Gasteiger partial charge in [-0.25, -0.2) is 9.79 Å². The summed E-state index contributed by atoms with van der Waals surface area (Å²) < 4.78 is 5.21. The molecule has 0 aliphatic heterocycles. The summed E-state index contributed by atoms with van der Waals surface area (Å²) >= 11 is 0. The monoisotopic (exact) mass is 391 g/mol. The standard InChI is InChI=1S/C21H37N5O2/c1-7-22-19(23-13-8-14-24-20(27)28-21(2,3)4)25-15-17-9-11-18(12-10-17)16-26(5)6/h9-12H,7-8,13-16H2,1-6H3,(H,24,27)(H2,22,23,25). The SMILES string of the molecule is CCNC(=NCc1ccc(CN(C)C)cc1)NCCCNC(=O)OC(C)(C)C. The quantitative estimate of drug-likeness (QED) is 0.343. The summed E-state index contributed by atoms with van der Waals surface area (Å²) in [4.78, 5) is 18.4. The predicted molar refractivity (Wildman–Crippen MR) is 116 cm³/mol. The second kappa shape index (κ2) is 12.2. The maximum atomic E-state index is 11.6. The summed E-state index contributed by atoms with van der Waals surface area (Å²) in [7, 11) is 4.13. The molecule has 7 heteroatoms. The molecule has 0 spiro atoms. The first-order valence-electron chi connectivity index (χ1n) is 9.91. The number of nitrogens with one attached hydrogen (secondary N) is 3. The van der Waals surface area contributed by atoms with Crippen LogP contribution >= 0.6 is 0 Å². The number of amides is 1. The molecule has 0 heterocycles. The first kappa shape index (κ1) is 23.8. The van der Waals surface area contributed by atoms with Crippen LogP contribution in [0.2, 0.25) is 0 Å². The fourth-order valence-corrected chi connectivity index (χ4v) is 2.43. The van der Waals surface area contributed by atoms with Crippen LogP contribution in [0.15, 0.2) is 29.3 Å². The molecular formula is C21H37N5O2. The number of guanidine groups is 1. The number of aliphatic imine (C=N–C) groups is 1. The number of alkyl carbamates (subject to hydrolysis) is 1. The van der Waals surface area contributed by atoms with Crippen LogP contribution in [-0.4, -0.2) is 56.3 Å². The predicted octanol–water partition coefficient (Wildman–Crippen LogP) is 2.72. The van der Waals surface area contributed by atoms with Gasteiger partial charge in [0.05, 0.1) is 6.54 Å². The van der Waals surface area contributed by atoms with Crippen molar-refractivity contribution in [3.8, 4) is 0 Å². The number of nitrogens with zero attached hydrogens (tertiary/aromatic N) is 2. The zero-order valence-corrected chi connectivity index (χ0v) is 18.3. The molecule has 28 heavy (non-hydrogen) atoms. The highest BCUT2D eigenvalue weighted by Crippen LogP contribution is 2.07. The highest BCUT2D eigenvalue weighted by atomic mass is 16.6. The molecule has 3 N–H and O–H groups in total. The second-order valence-corrected chi connectivity index (χ2v) is 7.96. The molecule has 1 aromatic rings. The van der Waals surface area contributed by atoms with E-state index in [1.807, 2.05) is 27.7 Å². The van der Waals surface area contributed by atoms with Gasteiger partial charge < -0.3 is 25.6 Å². The fourth-order valence-electron chi connectivity index (χ4n) is 2.43. The van der Waals surface area contributed by atoms with Gasteiger partial charge in [-0.2, -0.15) is 0 Å². The van der Waals surface area contributed by atoms with Crippen LogP contribution in [0.3, 0.4) is 0 Å². The third kappa shape index (κ3) is 11.4. The molecule has 0 saturated carbocycles. The van der Waals surface area contributed by atoms with Crippen molar-refractivity contribution < 1.29 is 9.53 Å². The Morgan fingerprint density at radius 3 is 2.21 bits per heavy atom. The first-order valence-corrected chi connectivity index (χ1v) is 9.91. The number of ether oxygens (including phenoxy) is 1. The lowest BCUT2D eigenvalue weighted by Gasteiger charge is -2.19. The van der Waals surface area contributed by atoms with E-state index in [-0.39, 0.29) is 6.09 Å². The van der Waals surface area contributed by atoms with Gasteiger partial charge in [-0.1, -0.05) is 24.3 Å². The summed E-state index contributed by atoms with van der Waals surface area (Å²) in [6, 6.07) is 8.54. The van der Waals surface area contributed by atoms with E-state index >= 15 is 0 Å². The summed E-state index contributed by atoms with van der Waals surface area (Å²) in [6.45, 7) is 11.2. The molecule has 0 unspecified atom stereocenters. The van der Waals surface area contributed by atoms with Crippen molar-refractivity contribution in [3.05, 3.63) is 35.4 Å². The van der Waals surface area contributed by atoms with Crippen LogP contribution in [0.1, 0.15) is 45.2 Å². The Morgan fingerprint density at radius 1 is 1.04 bits per heavy atom. The van der Waals surface area contributed by atoms with E-state index in [2.05, 4.69) is 64.2 Å². The smallest absolute Gasteiger partial charge is 0.407 e. The number of hydrogen-bond acceptors (Lipinski definition) is 4. The zero-order valence-electron chi connectivity index (χ0n) is 18.3. The van der Waals surface area contributed by atoms with Crippen LogP contribution in [0.4, 0.5) is 4.79 Å². The molecule has 0 atom stereocenters. The van der Waals surface area contributed by atoms with Gasteiger partial charge in [-0.15, -0.1) is 0 Å². The third-order valence-electron chi connectivity index (χ3n) is 3.60. The molecule has 0 radical (unpaired) electrons. The Kier molecular flexibility index (Phi) is 10.4.